The highest BCUT2D eigenvalue weighted by molar-refractivity contribution is 5.25. The monoisotopic (exact) mass is 217 g/mol. The molecule has 1 saturated carbocycles. The van der Waals surface area contributed by atoms with Gasteiger partial charge in [-0.1, -0.05) is 30.3 Å². The standard InChI is InChI=1S/C15H23N/c1-15(2,3)16-10-9-13-11-14(13)12-7-5-4-6-8-12/h4-8,13-14,16H,9-11H2,1-3H3. The molecule has 16 heavy (non-hydrogen) atoms. The molecule has 1 aliphatic rings. The van der Waals surface area contributed by atoms with Crippen LogP contribution in [0.25, 0.3) is 0 Å². The van der Waals surface area contributed by atoms with Gasteiger partial charge in [0.25, 0.3) is 0 Å². The first-order valence-electron chi connectivity index (χ1n) is 6.36. The van der Waals surface area contributed by atoms with Crippen LogP contribution < -0.4 is 5.32 Å². The van der Waals surface area contributed by atoms with Crippen molar-refractivity contribution >= 4 is 0 Å². The minimum atomic E-state index is 0.261. The summed E-state index contributed by atoms with van der Waals surface area (Å²) in [6, 6.07) is 10.9. The Morgan fingerprint density at radius 1 is 1.19 bits per heavy atom. The Morgan fingerprint density at radius 2 is 1.88 bits per heavy atom. The van der Waals surface area contributed by atoms with Crippen molar-refractivity contribution in [3.05, 3.63) is 35.9 Å². The molecular weight excluding hydrogens is 194 g/mol. The van der Waals surface area contributed by atoms with Gasteiger partial charge in [-0.15, -0.1) is 0 Å². The second kappa shape index (κ2) is 4.58. The molecule has 88 valence electrons. The van der Waals surface area contributed by atoms with Crippen molar-refractivity contribution in [1.29, 1.82) is 0 Å². The van der Waals surface area contributed by atoms with Gasteiger partial charge in [-0.05, 0) is 57.6 Å². The van der Waals surface area contributed by atoms with Gasteiger partial charge in [0.15, 0.2) is 0 Å². The normalized spacial score (nSPS) is 24.4. The summed E-state index contributed by atoms with van der Waals surface area (Å²) in [5.41, 5.74) is 1.79. The second-order valence-electron chi connectivity index (χ2n) is 5.98. The van der Waals surface area contributed by atoms with Crippen molar-refractivity contribution in [3.63, 3.8) is 0 Å². The van der Waals surface area contributed by atoms with Crippen LogP contribution in [0.4, 0.5) is 0 Å². The van der Waals surface area contributed by atoms with E-state index in [1.54, 1.807) is 0 Å². The lowest BCUT2D eigenvalue weighted by atomic mass is 10.1. The Bertz CT molecular complexity index is 323. The highest BCUT2D eigenvalue weighted by Gasteiger charge is 2.37. The van der Waals surface area contributed by atoms with Gasteiger partial charge < -0.3 is 5.32 Å². The average Bonchev–Trinajstić information content (AvgIpc) is 2.97. The highest BCUT2D eigenvalue weighted by Crippen LogP contribution is 2.49. The maximum absolute atomic E-state index is 3.57. The third kappa shape index (κ3) is 3.34. The Labute approximate surface area is 99.3 Å². The van der Waals surface area contributed by atoms with Crippen LogP contribution in [-0.4, -0.2) is 12.1 Å². The van der Waals surface area contributed by atoms with E-state index in [0.29, 0.717) is 0 Å². The van der Waals surface area contributed by atoms with Crippen molar-refractivity contribution in [1.82, 2.24) is 5.32 Å². The molecule has 1 nitrogen and oxygen atoms in total. The van der Waals surface area contributed by atoms with Crippen molar-refractivity contribution in [2.24, 2.45) is 5.92 Å². The van der Waals surface area contributed by atoms with E-state index in [9.17, 15) is 0 Å². The Morgan fingerprint density at radius 3 is 2.50 bits per heavy atom. The summed E-state index contributed by atoms with van der Waals surface area (Å²) in [7, 11) is 0. The van der Waals surface area contributed by atoms with Crippen LogP contribution in [0.15, 0.2) is 30.3 Å². The number of rotatable bonds is 4. The molecule has 0 radical (unpaired) electrons. The van der Waals surface area contributed by atoms with E-state index >= 15 is 0 Å². The van der Waals surface area contributed by atoms with Crippen LogP contribution in [0.2, 0.25) is 0 Å². The zero-order valence-corrected chi connectivity index (χ0v) is 10.7. The van der Waals surface area contributed by atoms with E-state index in [2.05, 4.69) is 56.4 Å². The van der Waals surface area contributed by atoms with Crippen LogP contribution in [0.1, 0.15) is 45.1 Å². The van der Waals surface area contributed by atoms with Gasteiger partial charge in [0.2, 0.25) is 0 Å². The number of hydrogen-bond donors (Lipinski definition) is 1. The molecular formula is C15H23N. The molecule has 2 atom stereocenters. The first kappa shape index (κ1) is 11.7. The smallest absolute Gasteiger partial charge is 0.00965 e. The highest BCUT2D eigenvalue weighted by atomic mass is 14.9. The summed E-state index contributed by atoms with van der Waals surface area (Å²) in [6.45, 7) is 7.84. The Hall–Kier alpha value is -0.820. The molecule has 1 aromatic carbocycles. The third-order valence-corrected chi connectivity index (χ3v) is 3.32. The van der Waals surface area contributed by atoms with Crippen LogP contribution in [0.3, 0.4) is 0 Å². The predicted octanol–water partition coefficient (Wildman–Crippen LogP) is 3.57. The first-order valence-corrected chi connectivity index (χ1v) is 6.36. The second-order valence-corrected chi connectivity index (χ2v) is 5.98. The van der Waals surface area contributed by atoms with Crippen molar-refractivity contribution in [2.75, 3.05) is 6.54 Å². The topological polar surface area (TPSA) is 12.0 Å². The van der Waals surface area contributed by atoms with Gasteiger partial charge in [-0.2, -0.15) is 0 Å². The zero-order valence-electron chi connectivity index (χ0n) is 10.7. The lowest BCUT2D eigenvalue weighted by molar-refractivity contribution is 0.414. The minimum Gasteiger partial charge on any atom is -0.312 e. The van der Waals surface area contributed by atoms with E-state index in [1.807, 2.05) is 0 Å². The molecule has 2 rings (SSSR count). The summed E-state index contributed by atoms with van der Waals surface area (Å²) in [5.74, 6) is 1.75. The minimum absolute atomic E-state index is 0.261. The van der Waals surface area contributed by atoms with Gasteiger partial charge in [0.1, 0.15) is 0 Å². The summed E-state index contributed by atoms with van der Waals surface area (Å²) in [5, 5.41) is 3.57. The quantitative estimate of drug-likeness (QED) is 0.813. The van der Waals surface area contributed by atoms with E-state index in [0.717, 1.165) is 18.4 Å². The molecule has 1 aromatic rings. The molecule has 0 aliphatic heterocycles. The molecule has 0 spiro atoms. The first-order chi connectivity index (χ1) is 7.56. The fourth-order valence-electron chi connectivity index (χ4n) is 2.31. The maximum Gasteiger partial charge on any atom is 0.00965 e. The number of benzene rings is 1. The molecule has 1 heteroatoms. The molecule has 1 N–H and O–H groups in total. The molecule has 0 saturated heterocycles. The molecule has 0 aromatic heterocycles. The zero-order chi connectivity index (χ0) is 11.6. The van der Waals surface area contributed by atoms with Crippen LogP contribution >= 0.6 is 0 Å². The van der Waals surface area contributed by atoms with Gasteiger partial charge in [0, 0.05) is 5.54 Å². The maximum atomic E-state index is 3.57. The molecule has 0 bridgehead atoms. The van der Waals surface area contributed by atoms with Crippen LogP contribution in [0.5, 0.6) is 0 Å². The molecule has 2 unspecified atom stereocenters. The summed E-state index contributed by atoms with van der Waals surface area (Å²) < 4.78 is 0. The van der Waals surface area contributed by atoms with Gasteiger partial charge in [0.05, 0.1) is 0 Å². The Balaban J connectivity index is 1.72. The van der Waals surface area contributed by atoms with Crippen molar-refractivity contribution in [3.8, 4) is 0 Å². The predicted molar refractivity (Wildman–Crippen MR) is 69.7 cm³/mol. The van der Waals surface area contributed by atoms with Gasteiger partial charge in [-0.3, -0.25) is 0 Å². The van der Waals surface area contributed by atoms with Crippen LogP contribution in [0, 0.1) is 5.92 Å². The molecule has 1 aliphatic carbocycles. The fraction of sp³-hybridized carbons (Fsp3) is 0.600. The van der Waals surface area contributed by atoms with Gasteiger partial charge >= 0.3 is 0 Å². The molecule has 0 heterocycles. The Kier molecular flexibility index (Phi) is 3.34. The molecule has 1 fully saturated rings. The summed E-state index contributed by atoms with van der Waals surface area (Å²) in [6.07, 6.45) is 2.70. The summed E-state index contributed by atoms with van der Waals surface area (Å²) >= 11 is 0. The number of hydrogen-bond acceptors (Lipinski definition) is 1. The third-order valence-electron chi connectivity index (χ3n) is 3.32. The number of nitrogens with one attached hydrogen (secondary N) is 1. The van der Waals surface area contributed by atoms with E-state index in [1.165, 1.54) is 18.4 Å². The lowest BCUT2D eigenvalue weighted by Crippen LogP contribution is -2.36. The van der Waals surface area contributed by atoms with Crippen molar-refractivity contribution in [2.45, 2.75) is 45.1 Å². The SMILES string of the molecule is CC(C)(C)NCCC1CC1c1ccccc1. The molecule has 0 amide bonds. The largest absolute Gasteiger partial charge is 0.312 e. The summed E-state index contributed by atoms with van der Waals surface area (Å²) in [4.78, 5) is 0. The van der Waals surface area contributed by atoms with E-state index in [-0.39, 0.29) is 5.54 Å². The van der Waals surface area contributed by atoms with Crippen LogP contribution in [-0.2, 0) is 0 Å². The van der Waals surface area contributed by atoms with E-state index in [4.69, 9.17) is 0 Å². The average molecular weight is 217 g/mol. The fourth-order valence-corrected chi connectivity index (χ4v) is 2.31. The van der Waals surface area contributed by atoms with E-state index < -0.39 is 0 Å². The van der Waals surface area contributed by atoms with Gasteiger partial charge in [-0.25, -0.2) is 0 Å². The lowest BCUT2D eigenvalue weighted by Gasteiger charge is -2.20. The van der Waals surface area contributed by atoms with Crippen molar-refractivity contribution < 1.29 is 0 Å².